The first-order valence-corrected chi connectivity index (χ1v) is 5.91. The summed E-state index contributed by atoms with van der Waals surface area (Å²) in [7, 11) is 0. The maximum Gasteiger partial charge on any atom is 0.411 e. The molecule has 0 spiro atoms. The van der Waals surface area contributed by atoms with E-state index in [4.69, 9.17) is 5.11 Å². The van der Waals surface area contributed by atoms with Gasteiger partial charge in [0.25, 0.3) is 0 Å². The van der Waals surface area contributed by atoms with Gasteiger partial charge in [0.1, 0.15) is 6.61 Å². The second kappa shape index (κ2) is 6.38. The number of nitrogens with zero attached hydrogens (tertiary/aromatic N) is 1. The summed E-state index contributed by atoms with van der Waals surface area (Å²) in [6.45, 7) is 1.67. The molecular formula is C11H18F3NO3. The predicted molar refractivity (Wildman–Crippen MR) is 58.3 cm³/mol. The van der Waals surface area contributed by atoms with E-state index in [1.54, 1.807) is 0 Å². The lowest BCUT2D eigenvalue weighted by molar-refractivity contribution is -0.175. The number of rotatable bonds is 5. The van der Waals surface area contributed by atoms with E-state index in [0.717, 1.165) is 0 Å². The van der Waals surface area contributed by atoms with Crippen LogP contribution in [0, 0.1) is 5.92 Å². The van der Waals surface area contributed by atoms with Crippen LogP contribution in [0.15, 0.2) is 0 Å². The molecule has 106 valence electrons. The molecule has 2 atom stereocenters. The normalized spacial score (nSPS) is 26.2. The Morgan fingerprint density at radius 1 is 1.50 bits per heavy atom. The van der Waals surface area contributed by atoms with Crippen LogP contribution in [0.5, 0.6) is 0 Å². The molecule has 4 nitrogen and oxygen atoms in total. The number of carboxylic acids is 1. The van der Waals surface area contributed by atoms with Crippen molar-refractivity contribution in [2.24, 2.45) is 5.92 Å². The highest BCUT2D eigenvalue weighted by Gasteiger charge is 2.30. The quantitative estimate of drug-likeness (QED) is 0.772. The Labute approximate surface area is 104 Å². The number of likely N-dealkylation sites (tertiary alicyclic amines) is 1. The van der Waals surface area contributed by atoms with E-state index in [9.17, 15) is 18.0 Å². The lowest BCUT2D eigenvalue weighted by Crippen LogP contribution is -2.44. The fourth-order valence-corrected chi connectivity index (χ4v) is 2.15. The monoisotopic (exact) mass is 269 g/mol. The number of carbonyl (C=O) groups is 1. The van der Waals surface area contributed by atoms with Crippen LogP contribution in [0.2, 0.25) is 0 Å². The second-order valence-corrected chi connectivity index (χ2v) is 4.61. The number of hydrogen-bond donors (Lipinski definition) is 1. The molecule has 0 aromatic rings. The molecule has 0 amide bonds. The Kier molecular flexibility index (Phi) is 5.40. The molecule has 1 N–H and O–H groups in total. The van der Waals surface area contributed by atoms with Gasteiger partial charge in [-0.05, 0) is 26.3 Å². The smallest absolute Gasteiger partial charge is 0.411 e. The van der Waals surface area contributed by atoms with Crippen molar-refractivity contribution in [2.75, 3.05) is 26.3 Å². The first-order valence-electron chi connectivity index (χ1n) is 5.91. The topological polar surface area (TPSA) is 49.8 Å². The van der Waals surface area contributed by atoms with Crippen LogP contribution in [-0.4, -0.2) is 54.5 Å². The Bertz CT molecular complexity index is 283. The molecule has 2 unspecified atom stereocenters. The standard InChI is InChI=1S/C11H18F3NO3/c1-8-6-9(10(16)17)2-3-15(8)4-5-18-7-11(12,13)14/h8-9H,2-7H2,1H3,(H,16,17). The molecule has 18 heavy (non-hydrogen) atoms. The molecule has 0 saturated carbocycles. The van der Waals surface area contributed by atoms with Gasteiger partial charge in [-0.2, -0.15) is 13.2 Å². The van der Waals surface area contributed by atoms with Gasteiger partial charge in [-0.3, -0.25) is 9.69 Å². The number of aliphatic carboxylic acids is 1. The lowest BCUT2D eigenvalue weighted by Gasteiger charge is -2.36. The van der Waals surface area contributed by atoms with Crippen molar-refractivity contribution < 1.29 is 27.8 Å². The molecule has 0 aliphatic carbocycles. The molecule has 0 aromatic carbocycles. The molecule has 1 saturated heterocycles. The van der Waals surface area contributed by atoms with Crippen LogP contribution in [0.4, 0.5) is 13.2 Å². The van der Waals surface area contributed by atoms with Crippen LogP contribution < -0.4 is 0 Å². The molecule has 1 aliphatic rings. The van der Waals surface area contributed by atoms with Crippen molar-refractivity contribution in [3.05, 3.63) is 0 Å². The van der Waals surface area contributed by atoms with Crippen molar-refractivity contribution in [3.8, 4) is 0 Å². The van der Waals surface area contributed by atoms with Crippen LogP contribution >= 0.6 is 0 Å². The zero-order valence-corrected chi connectivity index (χ0v) is 10.2. The van der Waals surface area contributed by atoms with E-state index < -0.39 is 18.8 Å². The van der Waals surface area contributed by atoms with Crippen LogP contribution in [0.3, 0.4) is 0 Å². The molecule has 1 heterocycles. The van der Waals surface area contributed by atoms with Gasteiger partial charge >= 0.3 is 12.1 Å². The zero-order chi connectivity index (χ0) is 13.8. The van der Waals surface area contributed by atoms with Crippen molar-refractivity contribution in [1.82, 2.24) is 4.90 Å². The summed E-state index contributed by atoms with van der Waals surface area (Å²) >= 11 is 0. The molecule has 0 aromatic heterocycles. The average molecular weight is 269 g/mol. The first kappa shape index (κ1) is 15.2. The summed E-state index contributed by atoms with van der Waals surface area (Å²) in [5.41, 5.74) is 0. The SMILES string of the molecule is CC1CC(C(=O)O)CCN1CCOCC(F)(F)F. The fourth-order valence-electron chi connectivity index (χ4n) is 2.15. The van der Waals surface area contributed by atoms with E-state index in [2.05, 4.69) is 4.74 Å². The zero-order valence-electron chi connectivity index (χ0n) is 10.2. The average Bonchev–Trinajstić information content (AvgIpc) is 2.24. The summed E-state index contributed by atoms with van der Waals surface area (Å²) in [5.74, 6) is -1.14. The third-order valence-corrected chi connectivity index (χ3v) is 3.15. The van der Waals surface area contributed by atoms with Gasteiger partial charge < -0.3 is 9.84 Å². The minimum Gasteiger partial charge on any atom is -0.481 e. The first-order chi connectivity index (χ1) is 8.29. The fraction of sp³-hybridized carbons (Fsp3) is 0.909. The molecule has 0 bridgehead atoms. The van der Waals surface area contributed by atoms with Crippen LogP contribution in [-0.2, 0) is 9.53 Å². The van der Waals surface area contributed by atoms with Crippen molar-refractivity contribution >= 4 is 5.97 Å². The number of alkyl halides is 3. The molecule has 7 heteroatoms. The predicted octanol–water partition coefficient (Wildman–Crippen LogP) is 1.75. The minimum absolute atomic E-state index is 0.0155. The van der Waals surface area contributed by atoms with Gasteiger partial charge in [0, 0.05) is 12.6 Å². The highest BCUT2D eigenvalue weighted by Crippen LogP contribution is 2.22. The maximum atomic E-state index is 11.8. The highest BCUT2D eigenvalue weighted by atomic mass is 19.4. The minimum atomic E-state index is -4.29. The Hall–Kier alpha value is -0.820. The number of ether oxygens (including phenoxy) is 1. The molecule has 1 aliphatic heterocycles. The van der Waals surface area contributed by atoms with Gasteiger partial charge in [0.2, 0.25) is 0 Å². The molecule has 1 fully saturated rings. The number of piperidine rings is 1. The van der Waals surface area contributed by atoms with Gasteiger partial charge in [0.15, 0.2) is 0 Å². The summed E-state index contributed by atoms with van der Waals surface area (Å²) in [6, 6.07) is 0.0642. The second-order valence-electron chi connectivity index (χ2n) is 4.61. The number of carboxylic acid groups (broad SMARTS) is 1. The van der Waals surface area contributed by atoms with Crippen molar-refractivity contribution in [3.63, 3.8) is 0 Å². The summed E-state index contributed by atoms with van der Waals surface area (Å²) in [4.78, 5) is 12.8. The maximum absolute atomic E-state index is 11.8. The van der Waals surface area contributed by atoms with E-state index in [0.29, 0.717) is 25.9 Å². The summed E-state index contributed by atoms with van der Waals surface area (Å²) in [6.07, 6.45) is -3.21. The molecule has 0 radical (unpaired) electrons. The van der Waals surface area contributed by atoms with Gasteiger partial charge in [0.05, 0.1) is 12.5 Å². The van der Waals surface area contributed by atoms with Gasteiger partial charge in [-0.25, -0.2) is 0 Å². The highest BCUT2D eigenvalue weighted by molar-refractivity contribution is 5.70. The molecular weight excluding hydrogens is 251 g/mol. The van der Waals surface area contributed by atoms with E-state index >= 15 is 0 Å². The third-order valence-electron chi connectivity index (χ3n) is 3.15. The van der Waals surface area contributed by atoms with Crippen LogP contribution in [0.1, 0.15) is 19.8 Å². The van der Waals surface area contributed by atoms with Crippen LogP contribution in [0.25, 0.3) is 0 Å². The Balaban J connectivity index is 2.22. The van der Waals surface area contributed by atoms with Gasteiger partial charge in [-0.1, -0.05) is 0 Å². The van der Waals surface area contributed by atoms with Gasteiger partial charge in [-0.15, -0.1) is 0 Å². The third kappa shape index (κ3) is 5.22. The lowest BCUT2D eigenvalue weighted by atomic mass is 9.92. The Morgan fingerprint density at radius 2 is 2.17 bits per heavy atom. The molecule has 1 rings (SSSR count). The van der Waals surface area contributed by atoms with E-state index in [-0.39, 0.29) is 18.6 Å². The summed E-state index contributed by atoms with van der Waals surface area (Å²) in [5, 5.41) is 8.88. The van der Waals surface area contributed by atoms with Crippen molar-refractivity contribution in [1.29, 1.82) is 0 Å². The van der Waals surface area contributed by atoms with E-state index in [1.807, 2.05) is 11.8 Å². The summed E-state index contributed by atoms with van der Waals surface area (Å²) < 4.78 is 40.0. The van der Waals surface area contributed by atoms with E-state index in [1.165, 1.54) is 0 Å². The largest absolute Gasteiger partial charge is 0.481 e. The number of hydrogen-bond acceptors (Lipinski definition) is 3. The van der Waals surface area contributed by atoms with Crippen molar-refractivity contribution in [2.45, 2.75) is 32.0 Å². The Morgan fingerprint density at radius 3 is 2.67 bits per heavy atom. The number of halogens is 3.